The zero-order valence-electron chi connectivity index (χ0n) is 11.1. The molecule has 1 atom stereocenters. The lowest BCUT2D eigenvalue weighted by Crippen LogP contribution is -2.40. The standard InChI is InChI=1S/C14H15ClN2O3/c1-8-4-11-9(5-10(8)15)14(13(20)16-11)2-3-17(7-14)12(19)6-18/h4-5,18H,2-3,6-7H2,1H3,(H,16,20)/t14-/m1/s1. The van der Waals surface area contributed by atoms with Crippen molar-refractivity contribution in [2.45, 2.75) is 18.8 Å². The van der Waals surface area contributed by atoms with Gasteiger partial charge in [-0.1, -0.05) is 11.6 Å². The number of hydrogen-bond acceptors (Lipinski definition) is 3. The number of likely N-dealkylation sites (tertiary alicyclic amines) is 1. The lowest BCUT2D eigenvalue weighted by Gasteiger charge is -2.22. The minimum Gasteiger partial charge on any atom is -0.387 e. The minimum absolute atomic E-state index is 0.0950. The summed E-state index contributed by atoms with van der Waals surface area (Å²) in [4.78, 5) is 25.5. The predicted octanol–water partition coefficient (Wildman–Crippen LogP) is 1.06. The number of benzene rings is 1. The van der Waals surface area contributed by atoms with Gasteiger partial charge >= 0.3 is 0 Å². The molecule has 0 radical (unpaired) electrons. The van der Waals surface area contributed by atoms with E-state index in [1.807, 2.05) is 19.1 Å². The number of hydrogen-bond donors (Lipinski definition) is 2. The molecule has 0 aliphatic carbocycles. The van der Waals surface area contributed by atoms with Gasteiger partial charge in [0.2, 0.25) is 11.8 Å². The topological polar surface area (TPSA) is 69.6 Å². The highest BCUT2D eigenvalue weighted by molar-refractivity contribution is 6.31. The molecule has 2 amide bonds. The average molecular weight is 295 g/mol. The quantitative estimate of drug-likeness (QED) is 0.814. The summed E-state index contributed by atoms with van der Waals surface area (Å²) in [5.41, 5.74) is 1.81. The van der Waals surface area contributed by atoms with E-state index in [-0.39, 0.29) is 11.8 Å². The zero-order valence-corrected chi connectivity index (χ0v) is 11.8. The molecule has 2 aliphatic rings. The van der Waals surface area contributed by atoms with Crippen LogP contribution in [0.5, 0.6) is 0 Å². The van der Waals surface area contributed by atoms with Crippen LogP contribution in [-0.4, -0.2) is 41.5 Å². The van der Waals surface area contributed by atoms with Gasteiger partial charge in [0.15, 0.2) is 0 Å². The molecule has 1 spiro atoms. The number of carbonyl (C=O) groups excluding carboxylic acids is 2. The molecule has 106 valence electrons. The van der Waals surface area contributed by atoms with Gasteiger partial charge in [0.1, 0.15) is 6.61 Å². The van der Waals surface area contributed by atoms with Crippen molar-refractivity contribution in [2.75, 3.05) is 25.0 Å². The van der Waals surface area contributed by atoms with E-state index in [0.717, 1.165) is 16.8 Å². The zero-order chi connectivity index (χ0) is 14.5. The molecule has 2 N–H and O–H groups in total. The van der Waals surface area contributed by atoms with E-state index in [1.165, 1.54) is 4.90 Å². The van der Waals surface area contributed by atoms with Crippen LogP contribution in [0.1, 0.15) is 17.5 Å². The normalized spacial score (nSPS) is 24.1. The third kappa shape index (κ3) is 1.73. The van der Waals surface area contributed by atoms with E-state index < -0.39 is 12.0 Å². The molecule has 1 saturated heterocycles. The maximum absolute atomic E-state index is 12.4. The highest BCUT2D eigenvalue weighted by Gasteiger charge is 2.52. The number of anilines is 1. The monoisotopic (exact) mass is 294 g/mol. The summed E-state index contributed by atoms with van der Waals surface area (Å²) in [5.74, 6) is -0.441. The van der Waals surface area contributed by atoms with E-state index in [2.05, 4.69) is 5.32 Å². The van der Waals surface area contributed by atoms with Crippen molar-refractivity contribution in [3.63, 3.8) is 0 Å². The smallest absolute Gasteiger partial charge is 0.248 e. The Bertz CT molecular complexity index is 617. The van der Waals surface area contributed by atoms with Crippen LogP contribution in [-0.2, 0) is 15.0 Å². The van der Waals surface area contributed by atoms with Crippen molar-refractivity contribution in [1.29, 1.82) is 0 Å². The first-order valence-electron chi connectivity index (χ1n) is 6.48. The summed E-state index contributed by atoms with van der Waals surface area (Å²) in [6.07, 6.45) is 0.553. The van der Waals surface area contributed by atoms with Crippen molar-refractivity contribution in [2.24, 2.45) is 0 Å². The molecule has 6 heteroatoms. The summed E-state index contributed by atoms with van der Waals surface area (Å²) in [7, 11) is 0. The number of aliphatic hydroxyl groups excluding tert-OH is 1. The molecular formula is C14H15ClN2O3. The lowest BCUT2D eigenvalue weighted by atomic mass is 9.80. The fourth-order valence-corrected chi connectivity index (χ4v) is 3.24. The number of nitrogens with zero attached hydrogens (tertiary/aromatic N) is 1. The van der Waals surface area contributed by atoms with Gasteiger partial charge < -0.3 is 15.3 Å². The molecular weight excluding hydrogens is 280 g/mol. The summed E-state index contributed by atoms with van der Waals surface area (Å²) >= 11 is 6.17. The first-order valence-corrected chi connectivity index (χ1v) is 6.86. The molecule has 1 fully saturated rings. The van der Waals surface area contributed by atoms with Crippen LogP contribution in [0.3, 0.4) is 0 Å². The molecule has 2 heterocycles. The van der Waals surface area contributed by atoms with Gasteiger partial charge in [0.05, 0.1) is 5.41 Å². The van der Waals surface area contributed by atoms with Crippen molar-refractivity contribution in [3.8, 4) is 0 Å². The van der Waals surface area contributed by atoms with Crippen LogP contribution in [0, 0.1) is 6.92 Å². The second kappa shape index (κ2) is 4.46. The molecule has 1 aromatic carbocycles. The van der Waals surface area contributed by atoms with Crippen LogP contribution in [0.15, 0.2) is 12.1 Å². The fraction of sp³-hybridized carbons (Fsp3) is 0.429. The van der Waals surface area contributed by atoms with E-state index in [4.69, 9.17) is 16.7 Å². The average Bonchev–Trinajstić information content (AvgIpc) is 2.97. The Morgan fingerprint density at radius 2 is 2.30 bits per heavy atom. The lowest BCUT2D eigenvalue weighted by molar-refractivity contribution is -0.133. The summed E-state index contributed by atoms with van der Waals surface area (Å²) in [6, 6.07) is 3.68. The van der Waals surface area contributed by atoms with Crippen LogP contribution in [0.4, 0.5) is 5.69 Å². The van der Waals surface area contributed by atoms with Crippen molar-refractivity contribution >= 4 is 29.1 Å². The van der Waals surface area contributed by atoms with Crippen molar-refractivity contribution in [3.05, 3.63) is 28.3 Å². The number of halogens is 1. The Morgan fingerprint density at radius 1 is 1.55 bits per heavy atom. The Morgan fingerprint density at radius 3 is 3.00 bits per heavy atom. The largest absolute Gasteiger partial charge is 0.387 e. The van der Waals surface area contributed by atoms with Gasteiger partial charge in [0, 0.05) is 23.8 Å². The first-order chi connectivity index (χ1) is 9.48. The van der Waals surface area contributed by atoms with E-state index in [1.54, 1.807) is 0 Å². The molecule has 0 saturated carbocycles. The number of aryl methyl sites for hydroxylation is 1. The number of nitrogens with one attached hydrogen (secondary N) is 1. The van der Waals surface area contributed by atoms with Gasteiger partial charge in [-0.3, -0.25) is 9.59 Å². The molecule has 2 aliphatic heterocycles. The second-order valence-corrected chi connectivity index (χ2v) is 5.81. The molecule has 3 rings (SSSR count). The Balaban J connectivity index is 2.03. The maximum atomic E-state index is 12.4. The molecule has 0 bridgehead atoms. The van der Waals surface area contributed by atoms with Gasteiger partial charge in [0.25, 0.3) is 0 Å². The Labute approximate surface area is 121 Å². The van der Waals surface area contributed by atoms with Gasteiger partial charge in [-0.2, -0.15) is 0 Å². The van der Waals surface area contributed by atoms with Crippen molar-refractivity contribution < 1.29 is 14.7 Å². The Kier molecular flexibility index (Phi) is 2.99. The van der Waals surface area contributed by atoms with E-state index in [9.17, 15) is 9.59 Å². The molecule has 0 unspecified atom stereocenters. The number of fused-ring (bicyclic) bond motifs is 2. The molecule has 1 aromatic rings. The fourth-order valence-electron chi connectivity index (χ4n) is 3.07. The van der Waals surface area contributed by atoms with Crippen molar-refractivity contribution in [1.82, 2.24) is 4.90 Å². The number of amides is 2. The molecule has 20 heavy (non-hydrogen) atoms. The molecule has 0 aromatic heterocycles. The van der Waals surface area contributed by atoms with Crippen LogP contribution < -0.4 is 5.32 Å². The predicted molar refractivity (Wildman–Crippen MR) is 74.8 cm³/mol. The Hall–Kier alpha value is -1.59. The van der Waals surface area contributed by atoms with E-state index in [0.29, 0.717) is 24.5 Å². The second-order valence-electron chi connectivity index (χ2n) is 5.41. The van der Waals surface area contributed by atoms with E-state index >= 15 is 0 Å². The SMILES string of the molecule is Cc1cc2c(cc1Cl)[C@]1(CCN(C(=O)CO)C1)C(=O)N2. The summed E-state index contributed by atoms with van der Waals surface area (Å²) in [5, 5.41) is 12.5. The minimum atomic E-state index is -0.725. The third-order valence-electron chi connectivity index (χ3n) is 4.25. The van der Waals surface area contributed by atoms with Gasteiger partial charge in [-0.15, -0.1) is 0 Å². The highest BCUT2D eigenvalue weighted by Crippen LogP contribution is 2.45. The number of carbonyl (C=O) groups is 2. The van der Waals surface area contributed by atoms with Crippen LogP contribution >= 0.6 is 11.6 Å². The summed E-state index contributed by atoms with van der Waals surface area (Å²) < 4.78 is 0. The highest BCUT2D eigenvalue weighted by atomic mass is 35.5. The third-order valence-corrected chi connectivity index (χ3v) is 4.66. The summed E-state index contributed by atoms with van der Waals surface area (Å²) in [6.45, 7) is 2.12. The number of aliphatic hydroxyl groups is 1. The first kappa shape index (κ1) is 13.4. The van der Waals surface area contributed by atoms with Gasteiger partial charge in [-0.25, -0.2) is 0 Å². The molecule has 5 nitrogen and oxygen atoms in total. The van der Waals surface area contributed by atoms with Crippen LogP contribution in [0.25, 0.3) is 0 Å². The maximum Gasteiger partial charge on any atom is 0.248 e. The van der Waals surface area contributed by atoms with Crippen LogP contribution in [0.2, 0.25) is 5.02 Å². The van der Waals surface area contributed by atoms with Gasteiger partial charge in [-0.05, 0) is 36.6 Å². The number of rotatable bonds is 1.